The number of carboxylic acids is 1. The summed E-state index contributed by atoms with van der Waals surface area (Å²) >= 11 is 0. The van der Waals surface area contributed by atoms with E-state index in [1.54, 1.807) is 6.07 Å². The highest BCUT2D eigenvalue weighted by Gasteiger charge is 2.21. The van der Waals surface area contributed by atoms with E-state index in [2.05, 4.69) is 12.2 Å². The molecule has 0 bridgehead atoms. The number of benzene rings is 1. The van der Waals surface area contributed by atoms with Gasteiger partial charge in [0.2, 0.25) is 0 Å². The molecule has 2 N–H and O–H groups in total. The molecule has 1 aliphatic rings. The van der Waals surface area contributed by atoms with Gasteiger partial charge in [0.25, 0.3) is 0 Å². The molecular weight excluding hydrogens is 250 g/mol. The van der Waals surface area contributed by atoms with Crippen LogP contribution in [0, 0.1) is 12.8 Å². The second-order valence-corrected chi connectivity index (χ2v) is 6.00. The van der Waals surface area contributed by atoms with E-state index in [1.807, 2.05) is 19.1 Å². The Labute approximate surface area is 121 Å². The summed E-state index contributed by atoms with van der Waals surface area (Å²) in [6, 6.07) is 5.92. The molecule has 3 nitrogen and oxygen atoms in total. The van der Waals surface area contributed by atoms with Crippen molar-refractivity contribution in [3.63, 3.8) is 0 Å². The Hall–Kier alpha value is -1.51. The predicted molar refractivity (Wildman–Crippen MR) is 82.4 cm³/mol. The Bertz CT molecular complexity index is 462. The average Bonchev–Trinajstić information content (AvgIpc) is 2.41. The Morgan fingerprint density at radius 2 is 2.00 bits per heavy atom. The second kappa shape index (κ2) is 6.78. The third-order valence-electron chi connectivity index (χ3n) is 4.31. The van der Waals surface area contributed by atoms with Crippen LogP contribution in [0.15, 0.2) is 18.2 Å². The van der Waals surface area contributed by atoms with Crippen LogP contribution in [-0.4, -0.2) is 17.1 Å². The largest absolute Gasteiger partial charge is 0.478 e. The number of hydrogen-bond donors (Lipinski definition) is 2. The lowest BCUT2D eigenvalue weighted by molar-refractivity contribution is 0.0698. The summed E-state index contributed by atoms with van der Waals surface area (Å²) in [5.41, 5.74) is 2.25. The molecule has 0 atom stereocenters. The predicted octanol–water partition coefficient (Wildman–Crippen LogP) is 4.46. The van der Waals surface area contributed by atoms with Gasteiger partial charge in [-0.25, -0.2) is 4.79 Å². The molecule has 0 spiro atoms. The first-order chi connectivity index (χ1) is 9.60. The van der Waals surface area contributed by atoms with Crippen molar-refractivity contribution in [3.8, 4) is 0 Å². The monoisotopic (exact) mass is 275 g/mol. The molecule has 1 aliphatic carbocycles. The standard InChI is InChI=1S/C17H25NO2/c1-3-4-13-6-8-14(9-7-13)18-16-11-12(2)5-10-15(16)17(19)20/h5,10-11,13-14,18H,3-4,6-9H2,1-2H3,(H,19,20). The van der Waals surface area contributed by atoms with Crippen molar-refractivity contribution >= 4 is 11.7 Å². The van der Waals surface area contributed by atoms with Crippen molar-refractivity contribution < 1.29 is 9.90 Å². The first-order valence-corrected chi connectivity index (χ1v) is 7.70. The molecule has 0 aromatic heterocycles. The molecular formula is C17H25NO2. The molecule has 20 heavy (non-hydrogen) atoms. The highest BCUT2D eigenvalue weighted by molar-refractivity contribution is 5.94. The fraction of sp³-hybridized carbons (Fsp3) is 0.588. The number of hydrogen-bond acceptors (Lipinski definition) is 2. The summed E-state index contributed by atoms with van der Waals surface area (Å²) in [5.74, 6) is 0.0154. The van der Waals surface area contributed by atoms with Crippen LogP contribution in [0.4, 0.5) is 5.69 Å². The zero-order valence-electron chi connectivity index (χ0n) is 12.5. The van der Waals surface area contributed by atoms with Gasteiger partial charge in [-0.05, 0) is 56.2 Å². The Morgan fingerprint density at radius 3 is 2.60 bits per heavy atom. The quantitative estimate of drug-likeness (QED) is 0.834. The lowest BCUT2D eigenvalue weighted by Crippen LogP contribution is -2.27. The molecule has 2 rings (SSSR count). The maximum Gasteiger partial charge on any atom is 0.337 e. The van der Waals surface area contributed by atoms with Gasteiger partial charge in [0.05, 0.1) is 5.56 Å². The van der Waals surface area contributed by atoms with E-state index < -0.39 is 5.97 Å². The minimum absolute atomic E-state index is 0.381. The summed E-state index contributed by atoms with van der Waals surface area (Å²) in [6.45, 7) is 4.24. The van der Waals surface area contributed by atoms with E-state index in [0.717, 1.165) is 30.0 Å². The van der Waals surface area contributed by atoms with Crippen molar-refractivity contribution in [2.24, 2.45) is 5.92 Å². The van der Waals surface area contributed by atoms with E-state index in [9.17, 15) is 9.90 Å². The van der Waals surface area contributed by atoms with Crippen molar-refractivity contribution in [2.45, 2.75) is 58.4 Å². The summed E-state index contributed by atoms with van der Waals surface area (Å²) in [4.78, 5) is 11.3. The van der Waals surface area contributed by atoms with Gasteiger partial charge in [-0.2, -0.15) is 0 Å². The third-order valence-corrected chi connectivity index (χ3v) is 4.31. The summed E-state index contributed by atoms with van der Waals surface area (Å²) in [7, 11) is 0. The van der Waals surface area contributed by atoms with Crippen LogP contribution in [0.2, 0.25) is 0 Å². The Balaban J connectivity index is 2.00. The van der Waals surface area contributed by atoms with E-state index in [1.165, 1.54) is 25.7 Å². The van der Waals surface area contributed by atoms with Gasteiger partial charge in [-0.3, -0.25) is 0 Å². The van der Waals surface area contributed by atoms with Crippen LogP contribution in [0.5, 0.6) is 0 Å². The molecule has 0 heterocycles. The topological polar surface area (TPSA) is 49.3 Å². The lowest BCUT2D eigenvalue weighted by Gasteiger charge is -2.30. The number of carboxylic acid groups (broad SMARTS) is 1. The van der Waals surface area contributed by atoms with Crippen LogP contribution in [-0.2, 0) is 0 Å². The van der Waals surface area contributed by atoms with E-state index >= 15 is 0 Å². The van der Waals surface area contributed by atoms with Crippen LogP contribution < -0.4 is 5.32 Å². The first-order valence-electron chi connectivity index (χ1n) is 7.70. The van der Waals surface area contributed by atoms with Gasteiger partial charge >= 0.3 is 5.97 Å². The zero-order valence-corrected chi connectivity index (χ0v) is 12.5. The minimum Gasteiger partial charge on any atom is -0.478 e. The molecule has 1 fully saturated rings. The minimum atomic E-state index is -0.854. The van der Waals surface area contributed by atoms with Gasteiger partial charge in [0.1, 0.15) is 0 Å². The zero-order chi connectivity index (χ0) is 14.5. The van der Waals surface area contributed by atoms with E-state index in [4.69, 9.17) is 0 Å². The second-order valence-electron chi connectivity index (χ2n) is 6.00. The summed E-state index contributed by atoms with van der Waals surface area (Å²) in [5, 5.41) is 12.7. The van der Waals surface area contributed by atoms with Crippen molar-refractivity contribution in [2.75, 3.05) is 5.32 Å². The molecule has 0 saturated heterocycles. The maximum atomic E-state index is 11.3. The highest BCUT2D eigenvalue weighted by Crippen LogP contribution is 2.30. The third kappa shape index (κ3) is 3.75. The van der Waals surface area contributed by atoms with Gasteiger partial charge < -0.3 is 10.4 Å². The smallest absolute Gasteiger partial charge is 0.337 e. The van der Waals surface area contributed by atoms with Crippen LogP contribution in [0.3, 0.4) is 0 Å². The SMILES string of the molecule is CCCC1CCC(Nc2cc(C)ccc2C(=O)O)CC1. The number of aryl methyl sites for hydroxylation is 1. The normalized spacial score (nSPS) is 22.5. The van der Waals surface area contributed by atoms with Crippen LogP contribution >= 0.6 is 0 Å². The van der Waals surface area contributed by atoms with Crippen molar-refractivity contribution in [3.05, 3.63) is 29.3 Å². The fourth-order valence-electron chi connectivity index (χ4n) is 3.19. The highest BCUT2D eigenvalue weighted by atomic mass is 16.4. The first kappa shape index (κ1) is 14.9. The summed E-state index contributed by atoms with van der Waals surface area (Å²) in [6.07, 6.45) is 7.43. The van der Waals surface area contributed by atoms with Gasteiger partial charge in [0.15, 0.2) is 0 Å². The number of carbonyl (C=O) groups is 1. The molecule has 0 radical (unpaired) electrons. The Morgan fingerprint density at radius 1 is 1.30 bits per heavy atom. The number of anilines is 1. The van der Waals surface area contributed by atoms with Gasteiger partial charge in [-0.1, -0.05) is 25.8 Å². The number of aromatic carboxylic acids is 1. The van der Waals surface area contributed by atoms with Crippen molar-refractivity contribution in [1.82, 2.24) is 0 Å². The number of nitrogens with one attached hydrogen (secondary N) is 1. The molecule has 0 unspecified atom stereocenters. The maximum absolute atomic E-state index is 11.3. The molecule has 1 aromatic carbocycles. The lowest BCUT2D eigenvalue weighted by atomic mass is 9.83. The molecule has 0 amide bonds. The molecule has 0 aliphatic heterocycles. The summed E-state index contributed by atoms with van der Waals surface area (Å²) < 4.78 is 0. The molecule has 1 aromatic rings. The van der Waals surface area contributed by atoms with E-state index in [-0.39, 0.29) is 0 Å². The number of rotatable bonds is 5. The Kier molecular flexibility index (Phi) is 5.05. The molecule has 110 valence electrons. The fourth-order valence-corrected chi connectivity index (χ4v) is 3.19. The van der Waals surface area contributed by atoms with Gasteiger partial charge in [0, 0.05) is 11.7 Å². The van der Waals surface area contributed by atoms with E-state index in [0.29, 0.717) is 11.6 Å². The van der Waals surface area contributed by atoms with Crippen LogP contribution in [0.1, 0.15) is 61.4 Å². The molecule has 1 saturated carbocycles. The van der Waals surface area contributed by atoms with Gasteiger partial charge in [-0.15, -0.1) is 0 Å². The molecule has 3 heteroatoms. The van der Waals surface area contributed by atoms with Crippen molar-refractivity contribution in [1.29, 1.82) is 0 Å². The van der Waals surface area contributed by atoms with Crippen LogP contribution in [0.25, 0.3) is 0 Å². The average molecular weight is 275 g/mol.